The first-order valence-electron chi connectivity index (χ1n) is 21.2. The Labute approximate surface area is 348 Å². The van der Waals surface area contributed by atoms with Gasteiger partial charge in [-0.05, 0) is 138 Å². The van der Waals surface area contributed by atoms with Crippen LogP contribution in [0.5, 0.6) is 0 Å². The van der Waals surface area contributed by atoms with Gasteiger partial charge in [-0.15, -0.1) is 0 Å². The standard InChI is InChI=1S/C58H47N/c1-57(2)50-32-27-44-17-11-12-18-48(44)56(50)49-31-30-47(37-51(49)57)59-54-33-28-45(42-23-19-40(20-24-42)38-13-7-5-8-14-38)35-52(54)58(3,4)53-36-46(29-34-55(53)59)43-25-21-41(22-26-43)39-15-9-6-10-16-39/h5,7-9,11-37H,6,10H2,1-4H3. The summed E-state index contributed by atoms with van der Waals surface area (Å²) in [7, 11) is 0. The minimum atomic E-state index is -0.264. The van der Waals surface area contributed by atoms with Crippen LogP contribution in [0.2, 0.25) is 0 Å². The van der Waals surface area contributed by atoms with E-state index in [9.17, 15) is 0 Å². The maximum Gasteiger partial charge on any atom is 0.0503 e. The number of hydrogen-bond donors (Lipinski definition) is 0. The third kappa shape index (κ3) is 5.67. The van der Waals surface area contributed by atoms with Crippen LogP contribution in [0.4, 0.5) is 17.1 Å². The summed E-state index contributed by atoms with van der Waals surface area (Å²) in [5, 5.41) is 2.62. The van der Waals surface area contributed by atoms with Crippen molar-refractivity contribution in [1.82, 2.24) is 0 Å². The zero-order chi connectivity index (χ0) is 39.9. The van der Waals surface area contributed by atoms with Gasteiger partial charge in [-0.3, -0.25) is 0 Å². The number of benzene rings is 8. The molecule has 0 fully saturated rings. The van der Waals surface area contributed by atoms with Crippen LogP contribution in [0.15, 0.2) is 188 Å². The Kier molecular flexibility index (Phi) is 8.07. The molecule has 0 saturated carbocycles. The van der Waals surface area contributed by atoms with Crippen LogP contribution in [0.1, 0.15) is 68.4 Å². The fourth-order valence-corrected chi connectivity index (χ4v) is 10.2. The zero-order valence-electron chi connectivity index (χ0n) is 34.3. The van der Waals surface area contributed by atoms with Gasteiger partial charge in [-0.2, -0.15) is 0 Å². The predicted octanol–water partition coefficient (Wildman–Crippen LogP) is 16.0. The van der Waals surface area contributed by atoms with E-state index in [0.29, 0.717) is 0 Å². The number of nitrogens with zero attached hydrogens (tertiary/aromatic N) is 1. The summed E-state index contributed by atoms with van der Waals surface area (Å²) in [5.41, 5.74) is 21.4. The number of allylic oxidation sites excluding steroid dienone is 4. The maximum atomic E-state index is 2.53. The smallest absolute Gasteiger partial charge is 0.0503 e. The highest BCUT2D eigenvalue weighted by Crippen LogP contribution is 2.56. The lowest BCUT2D eigenvalue weighted by Gasteiger charge is -2.43. The average molecular weight is 758 g/mol. The van der Waals surface area contributed by atoms with E-state index in [4.69, 9.17) is 0 Å². The first kappa shape index (κ1) is 35.5. The van der Waals surface area contributed by atoms with Crippen molar-refractivity contribution in [1.29, 1.82) is 0 Å². The van der Waals surface area contributed by atoms with Gasteiger partial charge in [0, 0.05) is 16.5 Å². The van der Waals surface area contributed by atoms with Crippen LogP contribution in [0.3, 0.4) is 0 Å². The van der Waals surface area contributed by atoms with E-state index in [2.05, 4.69) is 221 Å². The third-order valence-electron chi connectivity index (χ3n) is 13.5. The first-order valence-corrected chi connectivity index (χ1v) is 21.2. The second-order valence-corrected chi connectivity index (χ2v) is 17.6. The predicted molar refractivity (Wildman–Crippen MR) is 251 cm³/mol. The Morgan fingerprint density at radius 1 is 0.424 bits per heavy atom. The minimum absolute atomic E-state index is 0.138. The SMILES string of the molecule is CC1(C)c2cc(-c3ccc(C4=CCCC=C4)cc3)ccc2N(c2ccc3c(c2)C(C)(C)c2ccc4ccccc4c2-3)c2ccc(-c3ccc(-c4ccccc4)cc3)cc21. The van der Waals surface area contributed by atoms with Gasteiger partial charge in [0.1, 0.15) is 0 Å². The van der Waals surface area contributed by atoms with Crippen molar-refractivity contribution in [3.8, 4) is 44.5 Å². The topological polar surface area (TPSA) is 3.24 Å². The van der Waals surface area contributed by atoms with E-state index < -0.39 is 0 Å². The molecular weight excluding hydrogens is 711 g/mol. The first-order chi connectivity index (χ1) is 28.8. The summed E-state index contributed by atoms with van der Waals surface area (Å²) in [5.74, 6) is 0. The second kappa shape index (κ2) is 13.4. The van der Waals surface area contributed by atoms with Crippen molar-refractivity contribution >= 4 is 33.4 Å². The highest BCUT2D eigenvalue weighted by Gasteiger charge is 2.40. The van der Waals surface area contributed by atoms with E-state index in [0.717, 1.165) is 12.8 Å². The summed E-state index contributed by atoms with van der Waals surface area (Å²) < 4.78 is 0. The summed E-state index contributed by atoms with van der Waals surface area (Å²) in [6.45, 7) is 9.61. The molecule has 0 saturated heterocycles. The van der Waals surface area contributed by atoms with E-state index in [1.165, 1.54) is 106 Å². The lowest BCUT2D eigenvalue weighted by Crippen LogP contribution is -2.31. The fourth-order valence-electron chi connectivity index (χ4n) is 10.2. The molecule has 0 N–H and O–H groups in total. The summed E-state index contributed by atoms with van der Waals surface area (Å²) in [6, 6.07) is 63.8. The third-order valence-corrected chi connectivity index (χ3v) is 13.5. The zero-order valence-corrected chi connectivity index (χ0v) is 34.3. The van der Waals surface area contributed by atoms with Crippen molar-refractivity contribution < 1.29 is 0 Å². The van der Waals surface area contributed by atoms with E-state index in [1.807, 2.05) is 0 Å². The van der Waals surface area contributed by atoms with Crippen LogP contribution in [-0.2, 0) is 10.8 Å². The molecule has 8 aromatic rings. The Hall–Kier alpha value is -6.70. The Bertz CT molecular complexity index is 3010. The lowest BCUT2D eigenvalue weighted by molar-refractivity contribution is 0.632. The van der Waals surface area contributed by atoms with Crippen LogP contribution >= 0.6 is 0 Å². The fraction of sp³-hybridized carbons (Fsp3) is 0.138. The molecule has 284 valence electrons. The van der Waals surface area contributed by atoms with Gasteiger partial charge in [-0.1, -0.05) is 179 Å². The normalized spacial score (nSPS) is 15.6. The molecule has 0 bridgehead atoms. The van der Waals surface area contributed by atoms with Gasteiger partial charge in [-0.25, -0.2) is 0 Å². The van der Waals surface area contributed by atoms with Gasteiger partial charge in [0.2, 0.25) is 0 Å². The van der Waals surface area contributed by atoms with Gasteiger partial charge < -0.3 is 4.90 Å². The highest BCUT2D eigenvalue weighted by molar-refractivity contribution is 6.03. The van der Waals surface area contributed by atoms with Gasteiger partial charge in [0.15, 0.2) is 0 Å². The van der Waals surface area contributed by atoms with Crippen molar-refractivity contribution in [3.05, 3.63) is 216 Å². The molecule has 0 radical (unpaired) electrons. The summed E-state index contributed by atoms with van der Waals surface area (Å²) >= 11 is 0. The molecule has 1 heteroatoms. The Morgan fingerprint density at radius 2 is 0.983 bits per heavy atom. The van der Waals surface area contributed by atoms with Crippen molar-refractivity contribution in [2.45, 2.75) is 51.4 Å². The largest absolute Gasteiger partial charge is 0.310 e. The van der Waals surface area contributed by atoms with Crippen LogP contribution < -0.4 is 4.90 Å². The molecule has 1 nitrogen and oxygen atoms in total. The average Bonchev–Trinajstić information content (AvgIpc) is 3.52. The summed E-state index contributed by atoms with van der Waals surface area (Å²) in [6.07, 6.45) is 9.14. The van der Waals surface area contributed by atoms with Gasteiger partial charge in [0.25, 0.3) is 0 Å². The number of fused-ring (bicyclic) bond motifs is 7. The van der Waals surface area contributed by atoms with Crippen LogP contribution in [0.25, 0.3) is 60.9 Å². The highest BCUT2D eigenvalue weighted by atomic mass is 15.2. The molecular formula is C58H47N. The van der Waals surface area contributed by atoms with Gasteiger partial charge >= 0.3 is 0 Å². The quantitative estimate of drug-likeness (QED) is 0.169. The number of rotatable bonds is 5. The van der Waals surface area contributed by atoms with Crippen LogP contribution in [-0.4, -0.2) is 0 Å². The second-order valence-electron chi connectivity index (χ2n) is 17.6. The maximum absolute atomic E-state index is 2.53. The molecule has 59 heavy (non-hydrogen) atoms. The van der Waals surface area contributed by atoms with E-state index in [1.54, 1.807) is 0 Å². The Balaban J connectivity index is 1.06. The number of hydrogen-bond acceptors (Lipinski definition) is 1. The van der Waals surface area contributed by atoms with Crippen LogP contribution in [0, 0.1) is 0 Å². The molecule has 0 spiro atoms. The molecule has 8 aromatic carbocycles. The Morgan fingerprint density at radius 3 is 1.63 bits per heavy atom. The van der Waals surface area contributed by atoms with Gasteiger partial charge in [0.05, 0.1) is 11.4 Å². The molecule has 0 aromatic heterocycles. The molecule has 1 heterocycles. The molecule has 3 aliphatic rings. The molecule has 0 atom stereocenters. The minimum Gasteiger partial charge on any atom is -0.310 e. The molecule has 1 aliphatic heterocycles. The molecule has 2 aliphatic carbocycles. The summed E-state index contributed by atoms with van der Waals surface area (Å²) in [4.78, 5) is 2.53. The molecule has 0 amide bonds. The molecule has 11 rings (SSSR count). The van der Waals surface area contributed by atoms with Crippen molar-refractivity contribution in [3.63, 3.8) is 0 Å². The van der Waals surface area contributed by atoms with E-state index in [-0.39, 0.29) is 10.8 Å². The monoisotopic (exact) mass is 757 g/mol. The van der Waals surface area contributed by atoms with Crippen molar-refractivity contribution in [2.24, 2.45) is 0 Å². The molecule has 0 unspecified atom stereocenters. The number of anilines is 3. The lowest BCUT2D eigenvalue weighted by atomic mass is 9.72. The van der Waals surface area contributed by atoms with E-state index >= 15 is 0 Å². The van der Waals surface area contributed by atoms with Crippen molar-refractivity contribution in [2.75, 3.05) is 4.90 Å².